The first kappa shape index (κ1) is 23.1. The molecule has 0 radical (unpaired) electrons. The molecule has 8 heteroatoms. The van der Waals surface area contributed by atoms with Crippen molar-refractivity contribution in [3.8, 4) is 5.75 Å². The number of nitrogens with zero attached hydrogens (tertiary/aromatic N) is 2. The van der Waals surface area contributed by atoms with Gasteiger partial charge in [0.15, 0.2) is 9.84 Å². The van der Waals surface area contributed by atoms with E-state index in [4.69, 9.17) is 4.74 Å². The zero-order valence-corrected chi connectivity index (χ0v) is 18.9. The van der Waals surface area contributed by atoms with Crippen LogP contribution in [0.4, 0.5) is 0 Å². The van der Waals surface area contributed by atoms with Gasteiger partial charge in [-0.25, -0.2) is 8.42 Å². The van der Waals surface area contributed by atoms with E-state index in [-0.39, 0.29) is 49.0 Å². The summed E-state index contributed by atoms with van der Waals surface area (Å²) in [5.41, 5.74) is 0.926. The summed E-state index contributed by atoms with van der Waals surface area (Å²) in [5, 5.41) is 0. The van der Waals surface area contributed by atoms with E-state index in [0.29, 0.717) is 0 Å². The Labute approximate surface area is 185 Å². The summed E-state index contributed by atoms with van der Waals surface area (Å²) in [5.74, 6) is 0.839. The summed E-state index contributed by atoms with van der Waals surface area (Å²) < 4.78 is 29.1. The van der Waals surface area contributed by atoms with Crippen LogP contribution in [0.3, 0.4) is 0 Å². The lowest BCUT2D eigenvalue weighted by Crippen LogP contribution is -2.46. The average Bonchev–Trinajstić information content (AvgIpc) is 2.67. The summed E-state index contributed by atoms with van der Waals surface area (Å²) >= 11 is 0. The molecule has 0 aromatic heterocycles. The first-order chi connectivity index (χ1) is 14.0. The van der Waals surface area contributed by atoms with Gasteiger partial charge in [-0.1, -0.05) is 18.6 Å². The van der Waals surface area contributed by atoms with Crippen molar-refractivity contribution < 1.29 is 17.9 Å². The predicted molar refractivity (Wildman–Crippen MR) is 121 cm³/mol. The number of hydrogen-bond donors (Lipinski definition) is 0. The van der Waals surface area contributed by atoms with Crippen LogP contribution in [-0.4, -0.2) is 74.0 Å². The van der Waals surface area contributed by atoms with Crippen LogP contribution in [0.5, 0.6) is 5.75 Å². The van der Waals surface area contributed by atoms with Gasteiger partial charge in [0.05, 0.1) is 11.5 Å². The fourth-order valence-corrected chi connectivity index (χ4v) is 5.37. The summed E-state index contributed by atoms with van der Waals surface area (Å²) in [7, 11) is -2.97. The molecule has 1 saturated carbocycles. The van der Waals surface area contributed by atoms with Crippen molar-refractivity contribution in [3.05, 3.63) is 35.9 Å². The highest BCUT2D eigenvalue weighted by Gasteiger charge is 2.29. The molecule has 166 valence electrons. The molecule has 1 aliphatic carbocycles. The minimum absolute atomic E-state index is 0. The predicted octanol–water partition coefficient (Wildman–Crippen LogP) is 2.77. The fraction of sp³-hybridized carbons (Fsp3) is 0.591. The van der Waals surface area contributed by atoms with E-state index in [9.17, 15) is 13.2 Å². The standard InChI is InChI=1S/C22H30N2O4S.ClH/c25-22(24-14-16-29(26,27)17-15-24)9-6-18-4-7-20(8-5-18)28-21-10-12-23(13-11-21)19-2-1-3-19;/h4-9,19,21H,1-3,10-17H2;1H. The van der Waals surface area contributed by atoms with Crippen LogP contribution in [0, 0.1) is 0 Å². The minimum atomic E-state index is -2.97. The number of carbonyl (C=O) groups excluding carboxylic acids is 1. The lowest BCUT2D eigenvalue weighted by Gasteiger charge is -2.41. The number of hydrogen-bond acceptors (Lipinski definition) is 5. The third-order valence-electron chi connectivity index (χ3n) is 6.32. The Hall–Kier alpha value is -1.57. The van der Waals surface area contributed by atoms with Crippen molar-refractivity contribution in [2.45, 2.75) is 44.2 Å². The van der Waals surface area contributed by atoms with Gasteiger partial charge in [-0.15, -0.1) is 12.4 Å². The van der Waals surface area contributed by atoms with Gasteiger partial charge in [-0.3, -0.25) is 4.79 Å². The van der Waals surface area contributed by atoms with Crippen molar-refractivity contribution in [1.82, 2.24) is 9.80 Å². The zero-order chi connectivity index (χ0) is 20.3. The van der Waals surface area contributed by atoms with E-state index < -0.39 is 9.84 Å². The number of carbonyl (C=O) groups is 1. The molecule has 3 fully saturated rings. The number of rotatable bonds is 5. The van der Waals surface area contributed by atoms with Crippen LogP contribution >= 0.6 is 12.4 Å². The normalized spacial score (nSPS) is 23.0. The van der Waals surface area contributed by atoms with Gasteiger partial charge in [-0.05, 0) is 49.5 Å². The molecule has 1 aromatic carbocycles. The van der Waals surface area contributed by atoms with Gasteiger partial charge in [0.25, 0.3) is 0 Å². The summed E-state index contributed by atoms with van der Waals surface area (Å²) in [6.07, 6.45) is 9.84. The number of ether oxygens (including phenoxy) is 1. The average molecular weight is 455 g/mol. The van der Waals surface area contributed by atoms with E-state index in [1.54, 1.807) is 11.0 Å². The van der Waals surface area contributed by atoms with E-state index in [0.717, 1.165) is 43.3 Å². The Balaban J connectivity index is 0.00000256. The van der Waals surface area contributed by atoms with Gasteiger partial charge in [-0.2, -0.15) is 0 Å². The molecule has 6 nitrogen and oxygen atoms in total. The third-order valence-corrected chi connectivity index (χ3v) is 7.93. The molecular formula is C22H31ClN2O4S. The second-order valence-corrected chi connectivity index (χ2v) is 10.6. The molecule has 3 aliphatic rings. The quantitative estimate of drug-likeness (QED) is 0.640. The molecule has 2 aliphatic heterocycles. The molecule has 1 aromatic rings. The molecule has 0 atom stereocenters. The monoisotopic (exact) mass is 454 g/mol. The van der Waals surface area contributed by atoms with E-state index in [1.165, 1.54) is 25.3 Å². The van der Waals surface area contributed by atoms with Gasteiger partial charge < -0.3 is 14.5 Å². The lowest BCUT2D eigenvalue weighted by atomic mass is 9.90. The molecule has 0 N–H and O–H groups in total. The molecular weight excluding hydrogens is 424 g/mol. The second kappa shape index (κ2) is 10.2. The van der Waals surface area contributed by atoms with Gasteiger partial charge in [0, 0.05) is 38.3 Å². The molecule has 2 saturated heterocycles. The first-order valence-corrected chi connectivity index (χ1v) is 12.5. The van der Waals surface area contributed by atoms with Gasteiger partial charge in [0.1, 0.15) is 11.9 Å². The highest BCUT2D eigenvalue weighted by molar-refractivity contribution is 7.91. The van der Waals surface area contributed by atoms with Crippen LogP contribution in [0.1, 0.15) is 37.7 Å². The molecule has 4 rings (SSSR count). The Morgan fingerprint density at radius 1 is 0.967 bits per heavy atom. The fourth-order valence-electron chi connectivity index (χ4n) is 4.17. The number of halogens is 1. The van der Waals surface area contributed by atoms with Crippen LogP contribution in [0.2, 0.25) is 0 Å². The van der Waals surface area contributed by atoms with Gasteiger partial charge in [0.2, 0.25) is 5.91 Å². The number of sulfone groups is 1. The van der Waals surface area contributed by atoms with Crippen LogP contribution in [0.15, 0.2) is 30.3 Å². The number of piperidine rings is 1. The minimum Gasteiger partial charge on any atom is -0.490 e. The van der Waals surface area contributed by atoms with Crippen molar-refractivity contribution in [3.63, 3.8) is 0 Å². The maximum Gasteiger partial charge on any atom is 0.246 e. The second-order valence-electron chi connectivity index (χ2n) is 8.32. The van der Waals surface area contributed by atoms with Crippen molar-refractivity contribution in [2.75, 3.05) is 37.7 Å². The van der Waals surface area contributed by atoms with E-state index in [1.807, 2.05) is 24.3 Å². The highest BCUT2D eigenvalue weighted by atomic mass is 35.5. The highest BCUT2D eigenvalue weighted by Crippen LogP contribution is 2.28. The van der Waals surface area contributed by atoms with Crippen molar-refractivity contribution in [1.29, 1.82) is 0 Å². The zero-order valence-electron chi connectivity index (χ0n) is 17.2. The van der Waals surface area contributed by atoms with Crippen LogP contribution < -0.4 is 4.74 Å². The summed E-state index contributed by atoms with van der Waals surface area (Å²) in [6.45, 7) is 2.82. The van der Waals surface area contributed by atoms with E-state index >= 15 is 0 Å². The van der Waals surface area contributed by atoms with Crippen LogP contribution in [-0.2, 0) is 14.6 Å². The summed E-state index contributed by atoms with van der Waals surface area (Å²) in [4.78, 5) is 16.4. The Morgan fingerprint density at radius 2 is 1.60 bits per heavy atom. The number of benzene rings is 1. The van der Waals surface area contributed by atoms with Crippen molar-refractivity contribution in [2.24, 2.45) is 0 Å². The molecule has 2 heterocycles. The third kappa shape index (κ3) is 5.99. The topological polar surface area (TPSA) is 66.9 Å². The maximum absolute atomic E-state index is 12.2. The Kier molecular flexibility index (Phi) is 7.82. The maximum atomic E-state index is 12.2. The van der Waals surface area contributed by atoms with Crippen molar-refractivity contribution >= 4 is 34.2 Å². The molecule has 0 bridgehead atoms. The van der Waals surface area contributed by atoms with E-state index in [2.05, 4.69) is 4.90 Å². The summed E-state index contributed by atoms with van der Waals surface area (Å²) in [6, 6.07) is 8.62. The number of amides is 1. The Bertz CT molecular complexity index is 830. The molecule has 1 amide bonds. The SMILES string of the molecule is Cl.O=C(C=Cc1ccc(OC2CCN(C3CCC3)CC2)cc1)N1CCS(=O)(=O)CC1. The largest absolute Gasteiger partial charge is 0.490 e. The Morgan fingerprint density at radius 3 is 2.17 bits per heavy atom. The van der Waals surface area contributed by atoms with Gasteiger partial charge >= 0.3 is 0 Å². The lowest BCUT2D eigenvalue weighted by molar-refractivity contribution is -0.125. The van der Waals surface area contributed by atoms with Crippen LogP contribution in [0.25, 0.3) is 6.08 Å². The smallest absolute Gasteiger partial charge is 0.246 e. The molecule has 0 spiro atoms. The number of likely N-dealkylation sites (tertiary alicyclic amines) is 1. The first-order valence-electron chi connectivity index (χ1n) is 10.7. The molecule has 30 heavy (non-hydrogen) atoms. The molecule has 0 unspecified atom stereocenters.